The van der Waals surface area contributed by atoms with Gasteiger partial charge in [-0.3, -0.25) is 14.5 Å². The number of hydrogen-bond donors (Lipinski definition) is 2. The number of aliphatic hydroxyl groups is 1. The molecule has 0 aromatic heterocycles. The van der Waals surface area contributed by atoms with E-state index in [9.17, 15) is 23.1 Å². The van der Waals surface area contributed by atoms with E-state index in [1.807, 2.05) is 30.3 Å². The average molecular weight is 332 g/mol. The van der Waals surface area contributed by atoms with Gasteiger partial charge in [0.2, 0.25) is 0 Å². The van der Waals surface area contributed by atoms with Gasteiger partial charge >= 0.3 is 6.18 Å². The van der Waals surface area contributed by atoms with E-state index in [1.54, 1.807) is 4.90 Å². The molecule has 0 aliphatic carbocycles. The number of nitrogens with one attached hydrogen (secondary N) is 1. The van der Waals surface area contributed by atoms with Crippen LogP contribution in [0.1, 0.15) is 18.4 Å². The number of amides is 1. The van der Waals surface area contributed by atoms with Crippen LogP contribution in [0.4, 0.5) is 13.2 Å². The molecule has 1 aliphatic rings. The summed E-state index contributed by atoms with van der Waals surface area (Å²) >= 11 is 0. The first-order valence-corrected chi connectivity index (χ1v) is 7.26. The Morgan fingerprint density at radius 3 is 2.43 bits per heavy atom. The van der Waals surface area contributed by atoms with Crippen LogP contribution in [0.15, 0.2) is 30.3 Å². The second-order valence-corrected chi connectivity index (χ2v) is 5.61. The number of carbonyl (C=O) groups is 1. The van der Waals surface area contributed by atoms with Crippen molar-refractivity contribution in [2.75, 3.05) is 19.6 Å². The molecule has 8 heteroatoms. The molecule has 2 N–H and O–H groups in total. The molecule has 5 nitrogen and oxygen atoms in total. The van der Waals surface area contributed by atoms with Gasteiger partial charge in [0.05, 0.1) is 13.2 Å². The molecule has 0 atom stereocenters. The largest absolute Gasteiger partial charge is 0.417 e. The highest BCUT2D eigenvalue weighted by molar-refractivity contribution is 5.76. The normalized spacial score (nSPS) is 18.6. The molecule has 1 amide bonds. The van der Waals surface area contributed by atoms with Crippen LogP contribution in [-0.4, -0.2) is 47.3 Å². The molecule has 0 unspecified atom stereocenters. The van der Waals surface area contributed by atoms with Gasteiger partial charge < -0.3 is 5.11 Å². The van der Waals surface area contributed by atoms with E-state index in [0.29, 0.717) is 0 Å². The van der Waals surface area contributed by atoms with Crippen LogP contribution in [0.2, 0.25) is 0 Å². The van der Waals surface area contributed by atoms with Crippen LogP contribution in [0, 0.1) is 0 Å². The highest BCUT2D eigenvalue weighted by Crippen LogP contribution is 2.38. The summed E-state index contributed by atoms with van der Waals surface area (Å²) in [5.41, 5.74) is 0.505. The van der Waals surface area contributed by atoms with Crippen LogP contribution in [0.3, 0.4) is 0 Å². The Hall–Kier alpha value is -1.64. The standard InChI is InChI=1S/C15H19F3N2O3/c16-15(17,18)14(22)6-8-20(9-7-14)10-13(21)19-23-11-12-4-2-1-3-5-12/h1-5,22H,6-11H2,(H,19,21). The molecule has 1 heterocycles. The van der Waals surface area contributed by atoms with E-state index < -0.39 is 30.5 Å². The van der Waals surface area contributed by atoms with Crippen LogP contribution in [0.25, 0.3) is 0 Å². The van der Waals surface area contributed by atoms with Gasteiger partial charge in [0, 0.05) is 13.1 Å². The number of benzene rings is 1. The second kappa shape index (κ2) is 7.29. The Bertz CT molecular complexity index is 514. The Morgan fingerprint density at radius 2 is 1.87 bits per heavy atom. The first-order valence-electron chi connectivity index (χ1n) is 7.26. The number of piperidine rings is 1. The molecule has 1 aromatic carbocycles. The Labute approximate surface area is 132 Å². The zero-order valence-corrected chi connectivity index (χ0v) is 12.5. The van der Waals surface area contributed by atoms with Gasteiger partial charge in [-0.1, -0.05) is 30.3 Å². The Morgan fingerprint density at radius 1 is 1.26 bits per heavy atom. The van der Waals surface area contributed by atoms with Crippen molar-refractivity contribution in [3.05, 3.63) is 35.9 Å². The lowest BCUT2D eigenvalue weighted by atomic mass is 9.91. The van der Waals surface area contributed by atoms with Crippen molar-refractivity contribution < 1.29 is 27.9 Å². The third-order valence-electron chi connectivity index (χ3n) is 3.85. The predicted octanol–water partition coefficient (Wildman–Crippen LogP) is 1.62. The fourth-order valence-corrected chi connectivity index (χ4v) is 2.37. The topological polar surface area (TPSA) is 61.8 Å². The molecular weight excluding hydrogens is 313 g/mol. The van der Waals surface area contributed by atoms with E-state index in [-0.39, 0.29) is 26.2 Å². The summed E-state index contributed by atoms with van der Waals surface area (Å²) in [4.78, 5) is 18.3. The van der Waals surface area contributed by atoms with Gasteiger partial charge in [0.15, 0.2) is 5.60 Å². The predicted molar refractivity (Wildman–Crippen MR) is 76.1 cm³/mol. The molecule has 128 valence electrons. The smallest absolute Gasteiger partial charge is 0.380 e. The lowest BCUT2D eigenvalue weighted by molar-refractivity contribution is -0.272. The summed E-state index contributed by atoms with van der Waals surface area (Å²) in [6, 6.07) is 9.23. The number of nitrogens with zero attached hydrogens (tertiary/aromatic N) is 1. The summed E-state index contributed by atoms with van der Waals surface area (Å²) < 4.78 is 38.0. The van der Waals surface area contributed by atoms with Gasteiger partial charge in [-0.25, -0.2) is 5.48 Å². The third-order valence-corrected chi connectivity index (χ3v) is 3.85. The van der Waals surface area contributed by atoms with Crippen LogP contribution in [-0.2, 0) is 16.2 Å². The van der Waals surface area contributed by atoms with Crippen molar-refractivity contribution in [2.24, 2.45) is 0 Å². The van der Waals surface area contributed by atoms with E-state index in [0.717, 1.165) is 5.56 Å². The lowest BCUT2D eigenvalue weighted by Crippen LogP contribution is -2.54. The third kappa shape index (κ3) is 4.92. The number of halogens is 3. The summed E-state index contributed by atoms with van der Waals surface area (Å²) in [7, 11) is 0. The van der Waals surface area contributed by atoms with Crippen LogP contribution >= 0.6 is 0 Å². The van der Waals surface area contributed by atoms with E-state index in [1.165, 1.54) is 0 Å². The monoisotopic (exact) mass is 332 g/mol. The van der Waals surface area contributed by atoms with Crippen molar-refractivity contribution in [1.29, 1.82) is 0 Å². The summed E-state index contributed by atoms with van der Waals surface area (Å²) in [5.74, 6) is -0.432. The molecule has 2 rings (SSSR count). The van der Waals surface area contributed by atoms with Gasteiger partial charge in [0.25, 0.3) is 5.91 Å². The van der Waals surface area contributed by atoms with Crippen molar-refractivity contribution in [2.45, 2.75) is 31.2 Å². The summed E-state index contributed by atoms with van der Waals surface area (Å²) in [6.45, 7) is 0.146. The fourth-order valence-electron chi connectivity index (χ4n) is 2.37. The van der Waals surface area contributed by atoms with Crippen molar-refractivity contribution >= 4 is 5.91 Å². The summed E-state index contributed by atoms with van der Waals surface area (Å²) in [5, 5.41) is 9.55. The first-order chi connectivity index (χ1) is 10.8. The molecule has 0 saturated carbocycles. The Balaban J connectivity index is 1.69. The second-order valence-electron chi connectivity index (χ2n) is 5.61. The quantitative estimate of drug-likeness (QED) is 0.805. The highest BCUT2D eigenvalue weighted by Gasteiger charge is 2.54. The number of hydroxylamine groups is 1. The van der Waals surface area contributed by atoms with Gasteiger partial charge in [-0.05, 0) is 18.4 Å². The minimum atomic E-state index is -4.64. The maximum Gasteiger partial charge on any atom is 0.417 e. The zero-order chi connectivity index (χ0) is 16.9. The number of carbonyl (C=O) groups excluding carboxylic acids is 1. The average Bonchev–Trinajstić information content (AvgIpc) is 2.50. The molecule has 0 radical (unpaired) electrons. The SMILES string of the molecule is O=C(CN1CCC(O)(C(F)(F)F)CC1)NOCc1ccccc1. The van der Waals surface area contributed by atoms with Crippen molar-refractivity contribution in [3.8, 4) is 0 Å². The van der Waals surface area contributed by atoms with Gasteiger partial charge in [0.1, 0.15) is 0 Å². The molecule has 1 aromatic rings. The number of likely N-dealkylation sites (tertiary alicyclic amines) is 1. The van der Waals surface area contributed by atoms with E-state index >= 15 is 0 Å². The van der Waals surface area contributed by atoms with Gasteiger partial charge in [-0.15, -0.1) is 0 Å². The zero-order valence-electron chi connectivity index (χ0n) is 12.5. The number of hydrogen-bond acceptors (Lipinski definition) is 4. The molecule has 1 saturated heterocycles. The van der Waals surface area contributed by atoms with E-state index in [2.05, 4.69) is 5.48 Å². The molecule has 1 fully saturated rings. The first kappa shape index (κ1) is 17.7. The lowest BCUT2D eigenvalue weighted by Gasteiger charge is -2.38. The van der Waals surface area contributed by atoms with Crippen molar-refractivity contribution in [3.63, 3.8) is 0 Å². The minimum absolute atomic E-state index is 0.00210. The maximum atomic E-state index is 12.7. The Kier molecular flexibility index (Phi) is 5.61. The summed E-state index contributed by atoms with van der Waals surface area (Å²) in [6.07, 6.45) is -5.51. The van der Waals surface area contributed by atoms with Gasteiger partial charge in [-0.2, -0.15) is 13.2 Å². The maximum absolute atomic E-state index is 12.7. The molecular formula is C15H19F3N2O3. The molecule has 0 spiro atoms. The minimum Gasteiger partial charge on any atom is -0.380 e. The molecule has 1 aliphatic heterocycles. The van der Waals surface area contributed by atoms with Crippen LogP contribution in [0.5, 0.6) is 0 Å². The van der Waals surface area contributed by atoms with E-state index in [4.69, 9.17) is 4.84 Å². The fraction of sp³-hybridized carbons (Fsp3) is 0.533. The molecule has 23 heavy (non-hydrogen) atoms. The molecule has 0 bridgehead atoms. The highest BCUT2D eigenvalue weighted by atomic mass is 19.4. The number of rotatable bonds is 5. The number of alkyl halides is 3. The van der Waals surface area contributed by atoms with Crippen molar-refractivity contribution in [1.82, 2.24) is 10.4 Å². The van der Waals surface area contributed by atoms with Crippen LogP contribution < -0.4 is 5.48 Å².